The zero-order valence-corrected chi connectivity index (χ0v) is 17.3. The van der Waals surface area contributed by atoms with Gasteiger partial charge in [0.1, 0.15) is 5.75 Å². The minimum Gasteiger partial charge on any atom is -0.540 e. The first-order valence-corrected chi connectivity index (χ1v) is 10.7. The standard InChI is InChI=1S/C16H30O2Si2/c1-11(2)20(12(3)4,13(5)6)18-16-10-14(19)8-9-15(16)17-7/h8-13H,1-7,19H3. The molecule has 1 aromatic rings. The summed E-state index contributed by atoms with van der Waals surface area (Å²) >= 11 is 0. The zero-order chi connectivity index (χ0) is 15.5. The monoisotopic (exact) mass is 310 g/mol. The number of benzene rings is 1. The Hall–Kier alpha value is -0.746. The fourth-order valence-corrected chi connectivity index (χ4v) is 9.08. The molecule has 0 aliphatic rings. The normalized spacial score (nSPS) is 12.5. The third-order valence-electron chi connectivity index (χ3n) is 4.31. The smallest absolute Gasteiger partial charge is 0.258 e. The van der Waals surface area contributed by atoms with Gasteiger partial charge in [0.25, 0.3) is 8.32 Å². The SMILES string of the molecule is COc1ccc([SiH3])cc1O[Si](C(C)C)(C(C)C)C(C)C. The number of hydrogen-bond donors (Lipinski definition) is 0. The predicted molar refractivity (Wildman–Crippen MR) is 94.2 cm³/mol. The van der Waals surface area contributed by atoms with Gasteiger partial charge in [-0.15, -0.1) is 0 Å². The van der Waals surface area contributed by atoms with E-state index in [-0.39, 0.29) is 0 Å². The molecule has 0 bridgehead atoms. The van der Waals surface area contributed by atoms with E-state index in [1.165, 1.54) is 5.19 Å². The second kappa shape index (κ2) is 6.81. The van der Waals surface area contributed by atoms with E-state index in [0.29, 0.717) is 16.6 Å². The second-order valence-electron chi connectivity index (χ2n) is 6.57. The lowest BCUT2D eigenvalue weighted by Gasteiger charge is -2.42. The van der Waals surface area contributed by atoms with Crippen LogP contribution in [0.25, 0.3) is 0 Å². The number of rotatable bonds is 6. The van der Waals surface area contributed by atoms with Gasteiger partial charge >= 0.3 is 0 Å². The molecule has 0 aromatic heterocycles. The van der Waals surface area contributed by atoms with E-state index in [0.717, 1.165) is 21.7 Å². The van der Waals surface area contributed by atoms with Gasteiger partial charge in [-0.3, -0.25) is 0 Å². The zero-order valence-electron chi connectivity index (χ0n) is 14.3. The van der Waals surface area contributed by atoms with Crippen LogP contribution in [0.4, 0.5) is 0 Å². The molecule has 2 nitrogen and oxygen atoms in total. The van der Waals surface area contributed by atoms with Crippen LogP contribution in [0.5, 0.6) is 11.5 Å². The van der Waals surface area contributed by atoms with Crippen LogP contribution in [0.15, 0.2) is 18.2 Å². The molecule has 0 aliphatic heterocycles. The van der Waals surface area contributed by atoms with Gasteiger partial charge in [0.15, 0.2) is 5.75 Å². The van der Waals surface area contributed by atoms with Gasteiger partial charge in [-0.2, -0.15) is 0 Å². The minimum atomic E-state index is -1.90. The van der Waals surface area contributed by atoms with Gasteiger partial charge in [0, 0.05) is 10.2 Å². The Labute approximate surface area is 128 Å². The van der Waals surface area contributed by atoms with E-state index in [4.69, 9.17) is 9.16 Å². The summed E-state index contributed by atoms with van der Waals surface area (Å²) in [7, 11) is 0.850. The van der Waals surface area contributed by atoms with E-state index >= 15 is 0 Å². The Balaban J connectivity index is 3.29. The van der Waals surface area contributed by atoms with Crippen molar-refractivity contribution in [2.75, 3.05) is 7.11 Å². The molecule has 1 aromatic carbocycles. The van der Waals surface area contributed by atoms with E-state index in [2.05, 4.69) is 53.7 Å². The van der Waals surface area contributed by atoms with Crippen LogP contribution in [-0.4, -0.2) is 25.7 Å². The van der Waals surface area contributed by atoms with Crippen molar-refractivity contribution in [3.8, 4) is 11.5 Å². The summed E-state index contributed by atoms with van der Waals surface area (Å²) in [6, 6.07) is 6.33. The molecule has 114 valence electrons. The van der Waals surface area contributed by atoms with Crippen molar-refractivity contribution in [2.45, 2.75) is 58.2 Å². The lowest BCUT2D eigenvalue weighted by atomic mass is 10.3. The third kappa shape index (κ3) is 3.28. The Morgan fingerprint density at radius 3 is 1.80 bits per heavy atom. The third-order valence-corrected chi connectivity index (χ3v) is 10.9. The van der Waals surface area contributed by atoms with Crippen molar-refractivity contribution >= 4 is 23.7 Å². The molecule has 0 saturated carbocycles. The Morgan fingerprint density at radius 1 is 0.900 bits per heavy atom. The molecule has 0 atom stereocenters. The first-order chi connectivity index (χ1) is 9.25. The Kier molecular flexibility index (Phi) is 5.89. The van der Waals surface area contributed by atoms with Gasteiger partial charge in [0.2, 0.25) is 0 Å². The van der Waals surface area contributed by atoms with Gasteiger partial charge in [-0.25, -0.2) is 0 Å². The highest BCUT2D eigenvalue weighted by Gasteiger charge is 2.47. The van der Waals surface area contributed by atoms with E-state index in [9.17, 15) is 0 Å². The van der Waals surface area contributed by atoms with E-state index in [1.807, 2.05) is 6.07 Å². The number of methoxy groups -OCH3 is 1. The van der Waals surface area contributed by atoms with Gasteiger partial charge in [-0.1, -0.05) is 52.8 Å². The molecular weight excluding hydrogens is 280 g/mol. The maximum atomic E-state index is 6.73. The average Bonchev–Trinajstić information content (AvgIpc) is 2.34. The molecule has 0 amide bonds. The molecule has 1 rings (SSSR count). The predicted octanol–water partition coefficient (Wildman–Crippen LogP) is 3.24. The van der Waals surface area contributed by atoms with Crippen LogP contribution < -0.4 is 14.3 Å². The maximum absolute atomic E-state index is 6.73. The first-order valence-electron chi connectivity index (χ1n) is 7.59. The van der Waals surface area contributed by atoms with Crippen molar-refractivity contribution in [3.05, 3.63) is 18.2 Å². The van der Waals surface area contributed by atoms with Crippen molar-refractivity contribution < 1.29 is 9.16 Å². The quantitative estimate of drug-likeness (QED) is 0.751. The van der Waals surface area contributed by atoms with Crippen LogP contribution in [0.3, 0.4) is 0 Å². The largest absolute Gasteiger partial charge is 0.540 e. The van der Waals surface area contributed by atoms with Crippen LogP contribution in [-0.2, 0) is 0 Å². The highest BCUT2D eigenvalue weighted by atomic mass is 28.4. The summed E-state index contributed by atoms with van der Waals surface area (Å²) in [5.41, 5.74) is 1.72. The topological polar surface area (TPSA) is 18.5 Å². The van der Waals surface area contributed by atoms with Crippen LogP contribution in [0.2, 0.25) is 16.6 Å². The molecule has 0 saturated heterocycles. The summed E-state index contributed by atoms with van der Waals surface area (Å²) in [4.78, 5) is 0. The van der Waals surface area contributed by atoms with Crippen molar-refractivity contribution in [1.29, 1.82) is 0 Å². The van der Waals surface area contributed by atoms with Crippen LogP contribution in [0.1, 0.15) is 41.5 Å². The Bertz CT molecular complexity index is 420. The molecule has 0 radical (unpaired) electrons. The van der Waals surface area contributed by atoms with Gasteiger partial charge in [-0.05, 0) is 28.8 Å². The molecule has 0 N–H and O–H groups in total. The van der Waals surface area contributed by atoms with Crippen molar-refractivity contribution in [2.24, 2.45) is 0 Å². The molecule has 0 fully saturated rings. The molecule has 0 spiro atoms. The van der Waals surface area contributed by atoms with Crippen molar-refractivity contribution in [1.82, 2.24) is 0 Å². The summed E-state index contributed by atoms with van der Waals surface area (Å²) in [5, 5.41) is 1.35. The molecular formula is C16H30O2Si2. The minimum absolute atomic E-state index is 0.574. The molecule has 20 heavy (non-hydrogen) atoms. The second-order valence-corrected chi connectivity index (χ2v) is 13.1. The van der Waals surface area contributed by atoms with Gasteiger partial charge in [0.05, 0.1) is 7.11 Å². The summed E-state index contributed by atoms with van der Waals surface area (Å²) in [6.45, 7) is 13.9. The number of ether oxygens (including phenoxy) is 1. The first kappa shape index (κ1) is 17.3. The molecule has 0 aliphatic carbocycles. The van der Waals surface area contributed by atoms with Crippen LogP contribution in [0, 0.1) is 0 Å². The lowest BCUT2D eigenvalue weighted by molar-refractivity contribution is 0.383. The molecule has 0 unspecified atom stereocenters. The molecule has 4 heteroatoms. The van der Waals surface area contributed by atoms with E-state index in [1.54, 1.807) is 7.11 Å². The van der Waals surface area contributed by atoms with Gasteiger partial charge < -0.3 is 9.16 Å². The highest BCUT2D eigenvalue weighted by Crippen LogP contribution is 2.44. The fourth-order valence-electron chi connectivity index (χ4n) is 3.41. The maximum Gasteiger partial charge on any atom is 0.258 e. The Morgan fingerprint density at radius 2 is 1.40 bits per heavy atom. The highest BCUT2D eigenvalue weighted by molar-refractivity contribution is 6.78. The summed E-state index contributed by atoms with van der Waals surface area (Å²) in [6.07, 6.45) is 0. The van der Waals surface area contributed by atoms with E-state index < -0.39 is 8.32 Å². The number of hydrogen-bond acceptors (Lipinski definition) is 2. The van der Waals surface area contributed by atoms with Crippen LogP contribution >= 0.6 is 0 Å². The lowest BCUT2D eigenvalue weighted by Crippen LogP contribution is -2.50. The van der Waals surface area contributed by atoms with Crippen molar-refractivity contribution in [3.63, 3.8) is 0 Å². The fraction of sp³-hybridized carbons (Fsp3) is 0.625. The summed E-state index contributed by atoms with van der Waals surface area (Å²) in [5.74, 6) is 1.81. The summed E-state index contributed by atoms with van der Waals surface area (Å²) < 4.78 is 12.2. The average molecular weight is 311 g/mol. The molecule has 0 heterocycles.